The Hall–Kier alpha value is -1.06. The van der Waals surface area contributed by atoms with E-state index in [1.807, 2.05) is 0 Å². The Bertz CT molecular complexity index is 277. The normalized spacial score (nSPS) is 30.2. The number of ketones is 1. The van der Waals surface area contributed by atoms with Gasteiger partial charge in [0.25, 0.3) is 0 Å². The molecular formula is C11H17NO3. The number of amides is 1. The van der Waals surface area contributed by atoms with Crippen LogP contribution in [0.5, 0.6) is 0 Å². The maximum absolute atomic E-state index is 11.6. The van der Waals surface area contributed by atoms with Crippen molar-refractivity contribution in [2.45, 2.75) is 38.6 Å². The van der Waals surface area contributed by atoms with Crippen LogP contribution in [0.3, 0.4) is 0 Å². The number of hydrogen-bond acceptors (Lipinski definition) is 3. The maximum atomic E-state index is 11.6. The van der Waals surface area contributed by atoms with Gasteiger partial charge in [-0.05, 0) is 26.2 Å². The van der Waals surface area contributed by atoms with Crippen molar-refractivity contribution in [3.8, 4) is 0 Å². The van der Waals surface area contributed by atoms with Crippen molar-refractivity contribution in [1.29, 1.82) is 0 Å². The molecule has 2 aliphatic rings. The fourth-order valence-corrected chi connectivity index (χ4v) is 2.69. The third-order valence-electron chi connectivity index (χ3n) is 3.38. The highest BCUT2D eigenvalue weighted by molar-refractivity contribution is 5.84. The van der Waals surface area contributed by atoms with Crippen LogP contribution in [0.4, 0.5) is 4.79 Å². The molecule has 1 saturated carbocycles. The monoisotopic (exact) mass is 211 g/mol. The average molecular weight is 211 g/mol. The largest absolute Gasteiger partial charge is 0.450 e. The summed E-state index contributed by atoms with van der Waals surface area (Å²) in [6.07, 6.45) is 3.13. The van der Waals surface area contributed by atoms with Gasteiger partial charge in [0.15, 0.2) is 0 Å². The summed E-state index contributed by atoms with van der Waals surface area (Å²) in [7, 11) is 0. The van der Waals surface area contributed by atoms with E-state index >= 15 is 0 Å². The minimum atomic E-state index is -0.250. The van der Waals surface area contributed by atoms with Crippen LogP contribution in [-0.2, 0) is 9.53 Å². The summed E-state index contributed by atoms with van der Waals surface area (Å²) in [6.45, 7) is 2.89. The number of fused-ring (bicyclic) bond motifs is 1. The molecule has 1 amide bonds. The van der Waals surface area contributed by atoms with Crippen molar-refractivity contribution >= 4 is 11.9 Å². The summed E-state index contributed by atoms with van der Waals surface area (Å²) in [5.74, 6) is 0.418. The van der Waals surface area contributed by atoms with Crippen molar-refractivity contribution in [2.75, 3.05) is 13.2 Å². The molecule has 0 N–H and O–H groups in total. The smallest absolute Gasteiger partial charge is 0.410 e. The molecule has 0 unspecified atom stereocenters. The summed E-state index contributed by atoms with van der Waals surface area (Å²) in [6, 6.07) is 0.116. The van der Waals surface area contributed by atoms with E-state index in [1.54, 1.807) is 11.8 Å². The number of nitrogens with zero attached hydrogens (tertiary/aromatic N) is 1. The third kappa shape index (κ3) is 1.85. The fourth-order valence-electron chi connectivity index (χ4n) is 2.69. The lowest BCUT2D eigenvalue weighted by Gasteiger charge is -2.29. The lowest BCUT2D eigenvalue weighted by molar-refractivity contribution is -0.125. The van der Waals surface area contributed by atoms with Gasteiger partial charge >= 0.3 is 6.09 Å². The highest BCUT2D eigenvalue weighted by atomic mass is 16.6. The quantitative estimate of drug-likeness (QED) is 0.661. The van der Waals surface area contributed by atoms with Gasteiger partial charge in [0.1, 0.15) is 5.78 Å². The van der Waals surface area contributed by atoms with E-state index < -0.39 is 0 Å². The summed E-state index contributed by atoms with van der Waals surface area (Å²) in [4.78, 5) is 25.0. The predicted molar refractivity (Wildman–Crippen MR) is 54.5 cm³/mol. The topological polar surface area (TPSA) is 46.6 Å². The SMILES string of the molecule is CCOC(=O)N1CC[C@H]2C(=O)CCC[C@H]21. The van der Waals surface area contributed by atoms with Gasteiger partial charge in [-0.15, -0.1) is 0 Å². The lowest BCUT2D eigenvalue weighted by atomic mass is 9.84. The van der Waals surface area contributed by atoms with Crippen LogP contribution in [0.2, 0.25) is 0 Å². The van der Waals surface area contributed by atoms with Crippen LogP contribution in [-0.4, -0.2) is 36.0 Å². The molecule has 4 nitrogen and oxygen atoms in total. The van der Waals surface area contributed by atoms with Crippen molar-refractivity contribution < 1.29 is 14.3 Å². The van der Waals surface area contributed by atoms with Crippen molar-refractivity contribution in [2.24, 2.45) is 5.92 Å². The van der Waals surface area contributed by atoms with E-state index in [0.717, 1.165) is 19.3 Å². The van der Waals surface area contributed by atoms with Gasteiger partial charge < -0.3 is 9.64 Å². The molecule has 0 aromatic rings. The highest BCUT2D eigenvalue weighted by Crippen LogP contribution is 2.34. The number of Topliss-reactive ketones (excluding diaryl/α,β-unsaturated/α-hetero) is 1. The van der Waals surface area contributed by atoms with Gasteiger partial charge in [0.2, 0.25) is 0 Å². The van der Waals surface area contributed by atoms with E-state index in [0.29, 0.717) is 25.4 Å². The van der Waals surface area contributed by atoms with Gasteiger partial charge in [-0.2, -0.15) is 0 Å². The number of ether oxygens (including phenoxy) is 1. The van der Waals surface area contributed by atoms with E-state index in [-0.39, 0.29) is 18.1 Å². The number of hydrogen-bond donors (Lipinski definition) is 0. The standard InChI is InChI=1S/C11H17NO3/c1-2-15-11(14)12-7-6-8-9(12)4-3-5-10(8)13/h8-9H,2-7H2,1H3/t8-,9-/m1/s1. The zero-order chi connectivity index (χ0) is 10.8. The first-order valence-corrected chi connectivity index (χ1v) is 5.70. The molecule has 0 aromatic heterocycles. The summed E-state index contributed by atoms with van der Waals surface area (Å²) < 4.78 is 4.99. The number of carbonyl (C=O) groups excluding carboxylic acids is 2. The van der Waals surface area contributed by atoms with Crippen molar-refractivity contribution in [1.82, 2.24) is 4.90 Å². The first kappa shape index (κ1) is 10.5. The van der Waals surface area contributed by atoms with Crippen LogP contribution < -0.4 is 0 Å². The summed E-state index contributed by atoms with van der Waals surface area (Å²) in [5.41, 5.74) is 0. The van der Waals surface area contributed by atoms with Crippen LogP contribution in [0.15, 0.2) is 0 Å². The van der Waals surface area contributed by atoms with Gasteiger partial charge in [0.05, 0.1) is 6.61 Å². The van der Waals surface area contributed by atoms with Crippen LogP contribution in [0.1, 0.15) is 32.6 Å². The molecule has 2 fully saturated rings. The maximum Gasteiger partial charge on any atom is 0.410 e. The van der Waals surface area contributed by atoms with Crippen LogP contribution in [0, 0.1) is 5.92 Å². The summed E-state index contributed by atoms with van der Waals surface area (Å²) >= 11 is 0. The molecule has 0 spiro atoms. The van der Waals surface area contributed by atoms with Crippen molar-refractivity contribution in [3.63, 3.8) is 0 Å². The molecule has 15 heavy (non-hydrogen) atoms. The molecular weight excluding hydrogens is 194 g/mol. The third-order valence-corrected chi connectivity index (χ3v) is 3.38. The van der Waals surface area contributed by atoms with Gasteiger partial charge in [-0.1, -0.05) is 0 Å². The molecule has 0 bridgehead atoms. The van der Waals surface area contributed by atoms with Crippen LogP contribution >= 0.6 is 0 Å². The van der Waals surface area contributed by atoms with Gasteiger partial charge in [-0.25, -0.2) is 4.79 Å². The van der Waals surface area contributed by atoms with E-state index in [9.17, 15) is 9.59 Å². The van der Waals surface area contributed by atoms with Gasteiger partial charge in [0, 0.05) is 24.9 Å². The minimum Gasteiger partial charge on any atom is -0.450 e. The zero-order valence-corrected chi connectivity index (χ0v) is 9.07. The second-order valence-corrected chi connectivity index (χ2v) is 4.21. The number of likely N-dealkylation sites (tertiary alicyclic amines) is 1. The molecule has 2 rings (SSSR count). The second kappa shape index (κ2) is 4.21. The molecule has 84 valence electrons. The molecule has 1 aliphatic carbocycles. The predicted octanol–water partition coefficient (Wildman–Crippen LogP) is 1.59. The molecule has 4 heteroatoms. The number of rotatable bonds is 1. The fraction of sp³-hybridized carbons (Fsp3) is 0.818. The molecule has 1 saturated heterocycles. The van der Waals surface area contributed by atoms with E-state index in [4.69, 9.17) is 4.74 Å². The first-order valence-electron chi connectivity index (χ1n) is 5.70. The Morgan fingerprint density at radius 2 is 2.33 bits per heavy atom. The van der Waals surface area contributed by atoms with Gasteiger partial charge in [-0.3, -0.25) is 4.79 Å². The molecule has 2 atom stereocenters. The Labute approximate surface area is 89.6 Å². The summed E-state index contributed by atoms with van der Waals surface area (Å²) in [5, 5.41) is 0. The van der Waals surface area contributed by atoms with Crippen molar-refractivity contribution in [3.05, 3.63) is 0 Å². The molecule has 0 aromatic carbocycles. The highest BCUT2D eigenvalue weighted by Gasteiger charge is 2.42. The minimum absolute atomic E-state index is 0.0863. The molecule has 1 heterocycles. The zero-order valence-electron chi connectivity index (χ0n) is 9.07. The molecule has 0 radical (unpaired) electrons. The Morgan fingerprint density at radius 3 is 3.07 bits per heavy atom. The Balaban J connectivity index is 2.04. The average Bonchev–Trinajstić information content (AvgIpc) is 2.63. The lowest BCUT2D eigenvalue weighted by Crippen LogP contribution is -2.42. The number of carbonyl (C=O) groups is 2. The Morgan fingerprint density at radius 1 is 1.53 bits per heavy atom. The first-order chi connectivity index (χ1) is 7.24. The molecule has 1 aliphatic heterocycles. The van der Waals surface area contributed by atoms with E-state index in [2.05, 4.69) is 0 Å². The van der Waals surface area contributed by atoms with E-state index in [1.165, 1.54) is 0 Å². The second-order valence-electron chi connectivity index (χ2n) is 4.21. The van der Waals surface area contributed by atoms with Crippen LogP contribution in [0.25, 0.3) is 0 Å². The Kier molecular flexibility index (Phi) is 2.93.